The van der Waals surface area contributed by atoms with E-state index in [9.17, 15) is 9.90 Å². The van der Waals surface area contributed by atoms with Gasteiger partial charge in [0.25, 0.3) is 0 Å². The lowest BCUT2D eigenvalue weighted by atomic mass is 10.2. The largest absolute Gasteiger partial charge is 0.389 e. The number of likely N-dealkylation sites (N-methyl/N-ethyl adjacent to an activating group) is 1. The molecule has 2 unspecified atom stereocenters. The number of hydrogen-bond donors (Lipinski definition) is 2. The highest BCUT2D eigenvalue weighted by Crippen LogP contribution is 2.02. The lowest BCUT2D eigenvalue weighted by Gasteiger charge is -2.26. The zero-order chi connectivity index (χ0) is 11.1. The van der Waals surface area contributed by atoms with E-state index >= 15 is 0 Å². The number of rotatable bonds is 7. The monoisotopic (exact) mass is 204 g/mol. The smallest absolute Gasteiger partial charge is 0.234 e. The summed E-state index contributed by atoms with van der Waals surface area (Å²) in [4.78, 5) is 12.7. The number of amides is 1. The molecule has 0 rings (SSSR count). The normalized spacial score (nSPS) is 15.5. The van der Waals surface area contributed by atoms with Crippen LogP contribution in [0.4, 0.5) is 0 Å². The van der Waals surface area contributed by atoms with Crippen LogP contribution in [0.25, 0.3) is 0 Å². The van der Waals surface area contributed by atoms with E-state index in [4.69, 9.17) is 10.5 Å². The average molecular weight is 204 g/mol. The fourth-order valence-electron chi connectivity index (χ4n) is 1.43. The maximum Gasteiger partial charge on any atom is 0.234 e. The van der Waals surface area contributed by atoms with Gasteiger partial charge in [0.1, 0.15) is 0 Å². The van der Waals surface area contributed by atoms with Crippen molar-refractivity contribution in [2.75, 3.05) is 27.3 Å². The first-order valence-electron chi connectivity index (χ1n) is 4.69. The molecule has 0 heterocycles. The highest BCUT2D eigenvalue weighted by atomic mass is 16.5. The maximum atomic E-state index is 11.0. The molecule has 0 radical (unpaired) electrons. The minimum atomic E-state index is -0.585. The number of ether oxygens (including phenoxy) is 1. The van der Waals surface area contributed by atoms with Crippen LogP contribution in [0.5, 0.6) is 0 Å². The number of primary amides is 1. The first kappa shape index (κ1) is 13.4. The summed E-state index contributed by atoms with van der Waals surface area (Å²) >= 11 is 0. The molecule has 5 nitrogen and oxygen atoms in total. The number of carbonyl (C=O) groups excluding carboxylic acids is 1. The number of aliphatic hydroxyl groups excluding tert-OH is 1. The Kier molecular flexibility index (Phi) is 6.44. The third-order valence-corrected chi connectivity index (χ3v) is 2.10. The Morgan fingerprint density at radius 2 is 2.21 bits per heavy atom. The van der Waals surface area contributed by atoms with E-state index in [2.05, 4.69) is 0 Å². The Morgan fingerprint density at radius 1 is 1.64 bits per heavy atom. The van der Waals surface area contributed by atoms with E-state index in [1.54, 1.807) is 11.9 Å². The SMILES string of the molecule is CCC(C(N)=O)N(C)CC(O)COC. The molecule has 84 valence electrons. The van der Waals surface area contributed by atoms with Crippen LogP contribution in [0.3, 0.4) is 0 Å². The van der Waals surface area contributed by atoms with Crippen LogP contribution in [0.15, 0.2) is 0 Å². The highest BCUT2D eigenvalue weighted by Gasteiger charge is 2.20. The number of aliphatic hydroxyl groups is 1. The number of carbonyl (C=O) groups is 1. The minimum Gasteiger partial charge on any atom is -0.389 e. The molecule has 1 amide bonds. The summed E-state index contributed by atoms with van der Waals surface area (Å²) in [7, 11) is 3.28. The van der Waals surface area contributed by atoms with Crippen molar-refractivity contribution < 1.29 is 14.6 Å². The van der Waals surface area contributed by atoms with Crippen molar-refractivity contribution in [1.29, 1.82) is 0 Å². The van der Waals surface area contributed by atoms with E-state index < -0.39 is 6.10 Å². The summed E-state index contributed by atoms with van der Waals surface area (Å²) in [6, 6.07) is -0.318. The molecule has 3 N–H and O–H groups in total. The molecular weight excluding hydrogens is 184 g/mol. The van der Waals surface area contributed by atoms with Gasteiger partial charge in [-0.1, -0.05) is 6.92 Å². The molecular formula is C9H20N2O3. The lowest BCUT2D eigenvalue weighted by molar-refractivity contribution is -0.123. The number of nitrogens with two attached hydrogens (primary N) is 1. The molecule has 0 saturated carbocycles. The highest BCUT2D eigenvalue weighted by molar-refractivity contribution is 5.79. The predicted molar refractivity (Wildman–Crippen MR) is 53.8 cm³/mol. The van der Waals surface area contributed by atoms with Crippen LogP contribution in [0, 0.1) is 0 Å². The predicted octanol–water partition coefficient (Wildman–Crippen LogP) is -0.811. The molecule has 0 aliphatic heterocycles. The van der Waals surface area contributed by atoms with Crippen molar-refractivity contribution in [3.63, 3.8) is 0 Å². The molecule has 0 aromatic carbocycles. The molecule has 0 fully saturated rings. The Labute approximate surface area is 84.8 Å². The molecule has 2 atom stereocenters. The van der Waals surface area contributed by atoms with Gasteiger partial charge in [-0.25, -0.2) is 0 Å². The Morgan fingerprint density at radius 3 is 2.57 bits per heavy atom. The topological polar surface area (TPSA) is 75.8 Å². The van der Waals surface area contributed by atoms with Gasteiger partial charge >= 0.3 is 0 Å². The van der Waals surface area contributed by atoms with Gasteiger partial charge in [-0.15, -0.1) is 0 Å². The molecule has 0 aliphatic carbocycles. The fraction of sp³-hybridized carbons (Fsp3) is 0.889. The molecule has 0 spiro atoms. The van der Waals surface area contributed by atoms with Gasteiger partial charge in [-0.2, -0.15) is 0 Å². The van der Waals surface area contributed by atoms with Gasteiger partial charge in [-0.05, 0) is 13.5 Å². The molecule has 0 aromatic rings. The van der Waals surface area contributed by atoms with Crippen molar-refractivity contribution in [1.82, 2.24) is 4.90 Å². The summed E-state index contributed by atoms with van der Waals surface area (Å²) in [6.07, 6.45) is 0.0596. The number of methoxy groups -OCH3 is 1. The summed E-state index contributed by atoms with van der Waals surface area (Å²) in [6.45, 7) is 2.53. The standard InChI is InChI=1S/C9H20N2O3/c1-4-8(9(10)13)11(2)5-7(12)6-14-3/h7-8,12H,4-6H2,1-3H3,(H2,10,13). The van der Waals surface area contributed by atoms with Crippen molar-refractivity contribution in [3.8, 4) is 0 Å². The third kappa shape index (κ3) is 4.55. The minimum absolute atomic E-state index is 0.263. The second-order valence-electron chi connectivity index (χ2n) is 3.38. The van der Waals surface area contributed by atoms with E-state index in [-0.39, 0.29) is 18.6 Å². The summed E-state index contributed by atoms with van der Waals surface area (Å²) in [5.74, 6) is -0.361. The van der Waals surface area contributed by atoms with Gasteiger partial charge in [-0.3, -0.25) is 9.69 Å². The fourth-order valence-corrected chi connectivity index (χ4v) is 1.43. The zero-order valence-corrected chi connectivity index (χ0v) is 9.06. The van der Waals surface area contributed by atoms with Crippen LogP contribution in [0.2, 0.25) is 0 Å². The molecule has 0 saturated heterocycles. The van der Waals surface area contributed by atoms with Crippen molar-refractivity contribution in [3.05, 3.63) is 0 Å². The average Bonchev–Trinajstić information content (AvgIpc) is 2.04. The number of hydrogen-bond acceptors (Lipinski definition) is 4. The van der Waals surface area contributed by atoms with Crippen molar-refractivity contribution >= 4 is 5.91 Å². The maximum absolute atomic E-state index is 11.0. The van der Waals surface area contributed by atoms with Gasteiger partial charge in [0.2, 0.25) is 5.91 Å². The quantitative estimate of drug-likeness (QED) is 0.568. The van der Waals surface area contributed by atoms with E-state index in [0.29, 0.717) is 13.0 Å². The third-order valence-electron chi connectivity index (χ3n) is 2.10. The summed E-state index contributed by atoms with van der Waals surface area (Å²) in [5.41, 5.74) is 5.20. The van der Waals surface area contributed by atoms with Gasteiger partial charge < -0.3 is 15.6 Å². The Balaban J connectivity index is 4.03. The number of nitrogens with zero attached hydrogens (tertiary/aromatic N) is 1. The molecule has 0 aliphatic rings. The van der Waals surface area contributed by atoms with E-state index in [0.717, 1.165) is 0 Å². The van der Waals surface area contributed by atoms with Gasteiger partial charge in [0, 0.05) is 13.7 Å². The zero-order valence-electron chi connectivity index (χ0n) is 9.06. The van der Waals surface area contributed by atoms with Crippen LogP contribution in [-0.4, -0.2) is 55.4 Å². The van der Waals surface area contributed by atoms with Crippen LogP contribution in [-0.2, 0) is 9.53 Å². The lowest BCUT2D eigenvalue weighted by Crippen LogP contribution is -2.45. The Hall–Kier alpha value is -0.650. The second kappa shape index (κ2) is 6.75. The van der Waals surface area contributed by atoms with Crippen LogP contribution in [0.1, 0.15) is 13.3 Å². The second-order valence-corrected chi connectivity index (χ2v) is 3.38. The van der Waals surface area contributed by atoms with Crippen LogP contribution >= 0.6 is 0 Å². The van der Waals surface area contributed by atoms with E-state index in [1.807, 2.05) is 6.92 Å². The first-order valence-corrected chi connectivity index (χ1v) is 4.69. The molecule has 14 heavy (non-hydrogen) atoms. The molecule has 5 heteroatoms. The van der Waals surface area contributed by atoms with Gasteiger partial charge in [0.05, 0.1) is 18.8 Å². The van der Waals surface area contributed by atoms with E-state index in [1.165, 1.54) is 7.11 Å². The Bertz CT molecular complexity index is 175. The molecule has 0 aromatic heterocycles. The van der Waals surface area contributed by atoms with Crippen molar-refractivity contribution in [2.45, 2.75) is 25.5 Å². The summed E-state index contributed by atoms with van der Waals surface area (Å²) in [5, 5.41) is 9.43. The van der Waals surface area contributed by atoms with Crippen LogP contribution < -0.4 is 5.73 Å². The first-order chi connectivity index (χ1) is 6.52. The summed E-state index contributed by atoms with van der Waals surface area (Å²) < 4.78 is 4.79. The van der Waals surface area contributed by atoms with Crippen molar-refractivity contribution in [2.24, 2.45) is 5.73 Å². The molecule has 0 bridgehead atoms. The van der Waals surface area contributed by atoms with Gasteiger partial charge in [0.15, 0.2) is 0 Å².